The molecule has 0 aromatic carbocycles. The van der Waals surface area contributed by atoms with E-state index in [2.05, 4.69) is 31.0 Å². The summed E-state index contributed by atoms with van der Waals surface area (Å²) >= 11 is 0. The lowest BCUT2D eigenvalue weighted by Crippen LogP contribution is -2.54. The molecule has 2 aliphatic rings. The molecule has 0 bridgehead atoms. The first kappa shape index (κ1) is 14.8. The van der Waals surface area contributed by atoms with E-state index in [1.165, 1.54) is 6.42 Å². The number of hydrogen-bond acceptors (Lipinski definition) is 3. The average molecular weight is 268 g/mol. The Morgan fingerprint density at radius 2 is 2.16 bits per heavy atom. The topological polar surface area (TPSA) is 52.6 Å². The van der Waals surface area contributed by atoms with E-state index >= 15 is 0 Å². The van der Waals surface area contributed by atoms with Gasteiger partial charge in [0.1, 0.15) is 5.54 Å². The molecule has 4 nitrogen and oxygen atoms in total. The summed E-state index contributed by atoms with van der Waals surface area (Å²) in [5, 5.41) is 12.8. The van der Waals surface area contributed by atoms with Crippen LogP contribution < -0.4 is 5.32 Å². The zero-order valence-corrected chi connectivity index (χ0v) is 12.7. The van der Waals surface area contributed by atoms with Gasteiger partial charge >= 0.3 is 5.97 Å². The van der Waals surface area contributed by atoms with Gasteiger partial charge in [0.25, 0.3) is 0 Å². The van der Waals surface area contributed by atoms with Gasteiger partial charge in [-0.15, -0.1) is 0 Å². The van der Waals surface area contributed by atoms with Crippen molar-refractivity contribution in [1.29, 1.82) is 0 Å². The lowest BCUT2D eigenvalue weighted by molar-refractivity contribution is -0.145. The molecule has 110 valence electrons. The van der Waals surface area contributed by atoms with E-state index in [9.17, 15) is 9.90 Å². The van der Waals surface area contributed by atoms with Gasteiger partial charge in [0.15, 0.2) is 0 Å². The number of carboxylic acids is 1. The van der Waals surface area contributed by atoms with Crippen LogP contribution in [0, 0.1) is 5.41 Å². The Balaban J connectivity index is 1.95. The van der Waals surface area contributed by atoms with Crippen LogP contribution >= 0.6 is 0 Å². The molecule has 1 aliphatic heterocycles. The van der Waals surface area contributed by atoms with Crippen LogP contribution in [0.4, 0.5) is 0 Å². The molecule has 0 aromatic heterocycles. The fourth-order valence-corrected chi connectivity index (χ4v) is 3.14. The number of carbonyl (C=O) groups is 1. The predicted molar refractivity (Wildman–Crippen MR) is 76.2 cm³/mol. The third-order valence-corrected chi connectivity index (χ3v) is 4.61. The van der Waals surface area contributed by atoms with Crippen molar-refractivity contribution in [3.05, 3.63) is 0 Å². The van der Waals surface area contributed by atoms with Crippen LogP contribution in [-0.4, -0.2) is 46.7 Å². The highest BCUT2D eigenvalue weighted by Gasteiger charge is 2.41. The Morgan fingerprint density at radius 1 is 1.53 bits per heavy atom. The van der Waals surface area contributed by atoms with Crippen LogP contribution in [-0.2, 0) is 4.79 Å². The first-order valence-electron chi connectivity index (χ1n) is 7.47. The Kier molecular flexibility index (Phi) is 3.94. The second kappa shape index (κ2) is 5.06. The van der Waals surface area contributed by atoms with E-state index < -0.39 is 11.5 Å². The van der Waals surface area contributed by atoms with Gasteiger partial charge in [-0.25, -0.2) is 0 Å². The van der Waals surface area contributed by atoms with Gasteiger partial charge in [-0.3, -0.25) is 10.1 Å². The molecular formula is C15H28N2O2. The van der Waals surface area contributed by atoms with Gasteiger partial charge in [-0.2, -0.15) is 0 Å². The third-order valence-electron chi connectivity index (χ3n) is 4.61. The van der Waals surface area contributed by atoms with Crippen LogP contribution in [0.3, 0.4) is 0 Å². The Labute approximate surface area is 116 Å². The van der Waals surface area contributed by atoms with Gasteiger partial charge in [-0.1, -0.05) is 13.8 Å². The minimum Gasteiger partial charge on any atom is -0.480 e. The van der Waals surface area contributed by atoms with E-state index in [1.807, 2.05) is 6.92 Å². The monoisotopic (exact) mass is 268 g/mol. The van der Waals surface area contributed by atoms with Gasteiger partial charge in [-0.05, 0) is 51.5 Å². The maximum atomic E-state index is 11.6. The van der Waals surface area contributed by atoms with Crippen LogP contribution in [0.5, 0.6) is 0 Å². The molecule has 1 saturated heterocycles. The first-order valence-corrected chi connectivity index (χ1v) is 7.47. The molecule has 0 radical (unpaired) electrons. The summed E-state index contributed by atoms with van der Waals surface area (Å²) in [6.45, 7) is 10.8. The van der Waals surface area contributed by atoms with Gasteiger partial charge in [0.05, 0.1) is 0 Å². The van der Waals surface area contributed by atoms with Gasteiger partial charge in [0, 0.05) is 18.6 Å². The van der Waals surface area contributed by atoms with E-state index in [4.69, 9.17) is 0 Å². The number of rotatable bonds is 6. The molecule has 1 heterocycles. The van der Waals surface area contributed by atoms with Crippen molar-refractivity contribution in [1.82, 2.24) is 10.2 Å². The summed E-state index contributed by atoms with van der Waals surface area (Å²) in [6.07, 6.45) is 4.12. The number of likely N-dealkylation sites (tertiary alicyclic amines) is 1. The molecule has 2 rings (SSSR count). The average Bonchev–Trinajstić information content (AvgIpc) is 3.00. The maximum absolute atomic E-state index is 11.6. The minimum absolute atomic E-state index is 0.314. The van der Waals surface area contributed by atoms with E-state index in [1.54, 1.807) is 0 Å². The van der Waals surface area contributed by atoms with Crippen LogP contribution in [0.15, 0.2) is 0 Å². The number of aliphatic carboxylic acids is 1. The fraction of sp³-hybridized carbons (Fsp3) is 0.933. The molecule has 2 unspecified atom stereocenters. The predicted octanol–water partition coefficient (Wildman–Crippen LogP) is 2.09. The lowest BCUT2D eigenvalue weighted by Gasteiger charge is -2.34. The second-order valence-corrected chi connectivity index (χ2v) is 7.49. The standard InChI is InChI=1S/C15H28N2O2/c1-11(17-8-7-14(2,3)10-17)9-15(4,13(18)19)16-12-5-6-12/h11-12,16H,5-10H2,1-4H3,(H,18,19). The van der Waals surface area contributed by atoms with Crippen LogP contribution in [0.2, 0.25) is 0 Å². The Bertz CT molecular complexity index is 352. The van der Waals surface area contributed by atoms with Crippen LogP contribution in [0.1, 0.15) is 53.4 Å². The zero-order chi connectivity index (χ0) is 14.3. The summed E-state index contributed by atoms with van der Waals surface area (Å²) in [4.78, 5) is 14.0. The molecule has 4 heteroatoms. The molecule has 2 N–H and O–H groups in total. The third kappa shape index (κ3) is 3.69. The molecule has 2 fully saturated rings. The highest BCUT2D eigenvalue weighted by Crippen LogP contribution is 2.32. The maximum Gasteiger partial charge on any atom is 0.323 e. The summed E-state index contributed by atoms with van der Waals surface area (Å²) in [6, 6.07) is 0.734. The molecule has 19 heavy (non-hydrogen) atoms. The highest BCUT2D eigenvalue weighted by atomic mass is 16.4. The van der Waals surface area contributed by atoms with Crippen molar-refractivity contribution < 1.29 is 9.90 Å². The molecule has 0 amide bonds. The molecule has 0 spiro atoms. The van der Waals surface area contributed by atoms with Crippen LogP contribution in [0.25, 0.3) is 0 Å². The number of carboxylic acid groups (broad SMARTS) is 1. The molecule has 1 aliphatic carbocycles. The largest absolute Gasteiger partial charge is 0.480 e. The zero-order valence-electron chi connectivity index (χ0n) is 12.7. The van der Waals surface area contributed by atoms with E-state index in [0.29, 0.717) is 23.9 Å². The quantitative estimate of drug-likeness (QED) is 0.774. The SMILES string of the molecule is CC(CC(C)(NC1CC1)C(=O)O)N1CCC(C)(C)C1. The second-order valence-electron chi connectivity index (χ2n) is 7.49. The number of hydrogen-bond donors (Lipinski definition) is 2. The summed E-state index contributed by atoms with van der Waals surface area (Å²) in [5.41, 5.74) is -0.412. The Hall–Kier alpha value is -0.610. The normalized spacial score (nSPS) is 28.0. The molecule has 2 atom stereocenters. The van der Waals surface area contributed by atoms with Gasteiger partial charge in [0.2, 0.25) is 0 Å². The van der Waals surface area contributed by atoms with E-state index in [-0.39, 0.29) is 0 Å². The van der Waals surface area contributed by atoms with Crippen molar-refractivity contribution in [3.8, 4) is 0 Å². The van der Waals surface area contributed by atoms with E-state index in [0.717, 1.165) is 25.9 Å². The molecule has 1 saturated carbocycles. The summed E-state index contributed by atoms with van der Waals surface area (Å²) in [7, 11) is 0. The van der Waals surface area contributed by atoms with Crippen molar-refractivity contribution in [3.63, 3.8) is 0 Å². The minimum atomic E-state index is -0.784. The van der Waals surface area contributed by atoms with Crippen molar-refractivity contribution in [2.24, 2.45) is 5.41 Å². The first-order chi connectivity index (χ1) is 8.72. The lowest BCUT2D eigenvalue weighted by atomic mass is 9.91. The van der Waals surface area contributed by atoms with Crippen molar-refractivity contribution >= 4 is 5.97 Å². The Morgan fingerprint density at radius 3 is 2.58 bits per heavy atom. The molecular weight excluding hydrogens is 240 g/mol. The fourth-order valence-electron chi connectivity index (χ4n) is 3.14. The molecule has 0 aromatic rings. The number of nitrogens with zero attached hydrogens (tertiary/aromatic N) is 1. The summed E-state index contributed by atoms with van der Waals surface area (Å²) < 4.78 is 0. The van der Waals surface area contributed by atoms with Gasteiger partial charge < -0.3 is 10.0 Å². The highest BCUT2D eigenvalue weighted by molar-refractivity contribution is 5.78. The smallest absolute Gasteiger partial charge is 0.323 e. The summed E-state index contributed by atoms with van der Waals surface area (Å²) in [5.74, 6) is -0.718. The van der Waals surface area contributed by atoms with Crippen molar-refractivity contribution in [2.75, 3.05) is 13.1 Å². The number of nitrogens with one attached hydrogen (secondary N) is 1. The van der Waals surface area contributed by atoms with Crippen molar-refractivity contribution in [2.45, 2.75) is 71.0 Å².